The fourth-order valence-electron chi connectivity index (χ4n) is 2.68. The van der Waals surface area contributed by atoms with Crippen LogP contribution in [0.2, 0.25) is 0 Å². The Morgan fingerprint density at radius 2 is 2.00 bits per heavy atom. The van der Waals surface area contributed by atoms with Gasteiger partial charge in [-0.3, -0.25) is 0 Å². The molecule has 21 heavy (non-hydrogen) atoms. The van der Waals surface area contributed by atoms with Gasteiger partial charge in [0.15, 0.2) is 0 Å². The van der Waals surface area contributed by atoms with Crippen molar-refractivity contribution in [2.24, 2.45) is 5.41 Å². The third kappa shape index (κ3) is 4.13. The zero-order chi connectivity index (χ0) is 15.5. The predicted octanol–water partition coefficient (Wildman–Crippen LogP) is 3.79. The highest BCUT2D eigenvalue weighted by Crippen LogP contribution is 2.36. The summed E-state index contributed by atoms with van der Waals surface area (Å²) in [6.07, 6.45) is 4.64. The number of ether oxygens (including phenoxy) is 2. The molecule has 0 atom stereocenters. The van der Waals surface area contributed by atoms with Crippen molar-refractivity contribution in [1.82, 2.24) is 0 Å². The highest BCUT2D eigenvalue weighted by atomic mass is 16.5. The third-order valence-corrected chi connectivity index (χ3v) is 4.11. The van der Waals surface area contributed by atoms with E-state index in [2.05, 4.69) is 13.8 Å². The van der Waals surface area contributed by atoms with Crippen molar-refractivity contribution in [3.05, 3.63) is 23.8 Å². The lowest BCUT2D eigenvalue weighted by Gasteiger charge is -2.34. The van der Waals surface area contributed by atoms with Crippen LogP contribution >= 0.6 is 0 Å². The molecule has 116 valence electrons. The Balaban J connectivity index is 2.04. The first kappa shape index (κ1) is 15.7. The first-order valence-electron chi connectivity index (χ1n) is 7.64. The van der Waals surface area contributed by atoms with Crippen molar-refractivity contribution in [3.63, 3.8) is 0 Å². The van der Waals surface area contributed by atoms with Gasteiger partial charge in [0.25, 0.3) is 0 Å². The first-order valence-corrected chi connectivity index (χ1v) is 7.64. The summed E-state index contributed by atoms with van der Waals surface area (Å²) in [5.74, 6) is 0.294. The molecule has 1 saturated carbocycles. The van der Waals surface area contributed by atoms with E-state index in [1.54, 1.807) is 19.1 Å². The van der Waals surface area contributed by atoms with Crippen molar-refractivity contribution in [3.8, 4) is 5.75 Å². The Kier molecular flexibility index (Phi) is 4.76. The van der Waals surface area contributed by atoms with E-state index in [1.165, 1.54) is 0 Å². The lowest BCUT2D eigenvalue weighted by molar-refractivity contribution is 0.0526. The van der Waals surface area contributed by atoms with Gasteiger partial charge in [0.1, 0.15) is 5.75 Å². The van der Waals surface area contributed by atoms with Crippen LogP contribution in [0.1, 0.15) is 56.8 Å². The Morgan fingerprint density at radius 1 is 1.33 bits per heavy atom. The minimum absolute atomic E-state index is 0.219. The van der Waals surface area contributed by atoms with Crippen LogP contribution in [0.4, 0.5) is 5.69 Å². The predicted molar refractivity (Wildman–Crippen MR) is 83.5 cm³/mol. The molecule has 0 aliphatic heterocycles. The second-order valence-corrected chi connectivity index (χ2v) is 6.45. The molecule has 1 aromatic rings. The van der Waals surface area contributed by atoms with E-state index in [4.69, 9.17) is 15.2 Å². The van der Waals surface area contributed by atoms with Gasteiger partial charge >= 0.3 is 5.97 Å². The van der Waals surface area contributed by atoms with Crippen LogP contribution in [0.3, 0.4) is 0 Å². The van der Waals surface area contributed by atoms with Crippen molar-refractivity contribution < 1.29 is 14.3 Å². The van der Waals surface area contributed by atoms with E-state index in [-0.39, 0.29) is 6.10 Å². The number of nitrogen functional groups attached to an aromatic ring is 1. The molecule has 0 unspecified atom stereocenters. The molecule has 1 fully saturated rings. The number of rotatable bonds is 4. The van der Waals surface area contributed by atoms with Crippen molar-refractivity contribution in [2.75, 3.05) is 12.3 Å². The molecule has 0 bridgehead atoms. The standard InChI is InChI=1S/C17H25NO3/c1-4-20-16(19)14-11-13(5-6-15(14)18)21-12-7-9-17(2,3)10-8-12/h5-6,11-12H,4,7-10,18H2,1-3H3. The zero-order valence-corrected chi connectivity index (χ0v) is 13.1. The molecule has 2 rings (SSSR count). The van der Waals surface area contributed by atoms with Crippen LogP contribution in [0.15, 0.2) is 18.2 Å². The maximum Gasteiger partial charge on any atom is 0.340 e. The van der Waals surface area contributed by atoms with E-state index in [0.717, 1.165) is 25.7 Å². The average molecular weight is 291 g/mol. The molecule has 0 heterocycles. The van der Waals surface area contributed by atoms with Crippen molar-refractivity contribution in [2.45, 2.75) is 52.6 Å². The Labute approximate surface area is 126 Å². The number of hydrogen-bond donors (Lipinski definition) is 1. The van der Waals surface area contributed by atoms with Gasteiger partial charge in [-0.2, -0.15) is 0 Å². The molecule has 4 nitrogen and oxygen atoms in total. The second kappa shape index (κ2) is 6.37. The lowest BCUT2D eigenvalue weighted by atomic mass is 9.76. The summed E-state index contributed by atoms with van der Waals surface area (Å²) in [6, 6.07) is 5.21. The molecule has 0 aromatic heterocycles. The minimum Gasteiger partial charge on any atom is -0.490 e. The van der Waals surface area contributed by atoms with Gasteiger partial charge in [-0.25, -0.2) is 4.79 Å². The number of carbonyl (C=O) groups excluding carboxylic acids is 1. The molecule has 1 aliphatic carbocycles. The van der Waals surface area contributed by atoms with Gasteiger partial charge in [0, 0.05) is 5.69 Å². The fraction of sp³-hybridized carbons (Fsp3) is 0.588. The van der Waals surface area contributed by atoms with E-state index in [1.807, 2.05) is 6.07 Å². The Bertz CT molecular complexity index is 501. The molecule has 1 aliphatic rings. The van der Waals surface area contributed by atoms with Gasteiger partial charge in [-0.15, -0.1) is 0 Å². The van der Waals surface area contributed by atoms with Crippen molar-refractivity contribution >= 4 is 11.7 Å². The molecule has 4 heteroatoms. The van der Waals surface area contributed by atoms with E-state index < -0.39 is 5.97 Å². The molecule has 0 spiro atoms. The summed E-state index contributed by atoms with van der Waals surface area (Å²) in [5.41, 5.74) is 7.05. The normalized spacial score (nSPS) is 18.2. The van der Waals surface area contributed by atoms with Gasteiger partial charge in [0.2, 0.25) is 0 Å². The number of benzene rings is 1. The second-order valence-electron chi connectivity index (χ2n) is 6.45. The smallest absolute Gasteiger partial charge is 0.340 e. The zero-order valence-electron chi connectivity index (χ0n) is 13.1. The summed E-state index contributed by atoms with van der Waals surface area (Å²) >= 11 is 0. The largest absolute Gasteiger partial charge is 0.490 e. The highest BCUT2D eigenvalue weighted by molar-refractivity contribution is 5.95. The molecular formula is C17H25NO3. The number of carbonyl (C=O) groups is 1. The third-order valence-electron chi connectivity index (χ3n) is 4.11. The minimum atomic E-state index is -0.398. The highest BCUT2D eigenvalue weighted by Gasteiger charge is 2.28. The van der Waals surface area contributed by atoms with Crippen LogP contribution in [0.5, 0.6) is 5.75 Å². The van der Waals surface area contributed by atoms with E-state index in [9.17, 15) is 4.79 Å². The quantitative estimate of drug-likeness (QED) is 0.677. The molecule has 2 N–H and O–H groups in total. The Hall–Kier alpha value is -1.71. The summed E-state index contributed by atoms with van der Waals surface area (Å²) < 4.78 is 11.0. The van der Waals surface area contributed by atoms with Gasteiger partial charge in [-0.05, 0) is 56.2 Å². The summed E-state index contributed by atoms with van der Waals surface area (Å²) in [5, 5.41) is 0. The summed E-state index contributed by atoms with van der Waals surface area (Å²) in [6.45, 7) is 6.70. The van der Waals surface area contributed by atoms with Crippen LogP contribution in [-0.4, -0.2) is 18.7 Å². The first-order chi connectivity index (χ1) is 9.91. The van der Waals surface area contributed by atoms with Crippen molar-refractivity contribution in [1.29, 1.82) is 0 Å². The van der Waals surface area contributed by atoms with Crippen LogP contribution in [-0.2, 0) is 4.74 Å². The lowest BCUT2D eigenvalue weighted by Crippen LogP contribution is -2.28. The van der Waals surface area contributed by atoms with Crippen LogP contribution in [0, 0.1) is 5.41 Å². The average Bonchev–Trinajstić information content (AvgIpc) is 2.43. The van der Waals surface area contributed by atoms with Crippen LogP contribution < -0.4 is 10.5 Å². The maximum atomic E-state index is 11.8. The summed E-state index contributed by atoms with van der Waals surface area (Å²) in [4.78, 5) is 11.8. The molecule has 0 saturated heterocycles. The summed E-state index contributed by atoms with van der Waals surface area (Å²) in [7, 11) is 0. The van der Waals surface area contributed by atoms with E-state index in [0.29, 0.717) is 29.0 Å². The van der Waals surface area contributed by atoms with E-state index >= 15 is 0 Å². The Morgan fingerprint density at radius 3 is 2.62 bits per heavy atom. The SMILES string of the molecule is CCOC(=O)c1cc(OC2CCC(C)(C)CC2)ccc1N. The molecule has 0 radical (unpaired) electrons. The fourth-order valence-corrected chi connectivity index (χ4v) is 2.68. The molecule has 0 amide bonds. The van der Waals surface area contributed by atoms with Gasteiger partial charge in [-0.1, -0.05) is 13.8 Å². The maximum absolute atomic E-state index is 11.8. The topological polar surface area (TPSA) is 61.5 Å². The number of nitrogens with two attached hydrogens (primary N) is 1. The van der Waals surface area contributed by atoms with Gasteiger partial charge in [0.05, 0.1) is 18.3 Å². The number of anilines is 1. The monoisotopic (exact) mass is 291 g/mol. The number of hydrogen-bond acceptors (Lipinski definition) is 4. The van der Waals surface area contributed by atoms with Crippen LogP contribution in [0.25, 0.3) is 0 Å². The van der Waals surface area contributed by atoms with Gasteiger partial charge < -0.3 is 15.2 Å². The number of esters is 1. The molecular weight excluding hydrogens is 266 g/mol. The molecule has 1 aromatic carbocycles.